The highest BCUT2D eigenvalue weighted by atomic mass is 16.5. The van der Waals surface area contributed by atoms with E-state index >= 15 is 0 Å². The van der Waals surface area contributed by atoms with Crippen LogP contribution in [0.2, 0.25) is 0 Å². The lowest BCUT2D eigenvalue weighted by molar-refractivity contribution is -0.150. The Hall–Kier alpha value is -2.00. The molecule has 9 heteroatoms. The van der Waals surface area contributed by atoms with Gasteiger partial charge in [-0.15, -0.1) is 0 Å². The predicted octanol–water partition coefficient (Wildman–Crippen LogP) is 3.29. The second-order valence-corrected chi connectivity index (χ2v) is 13.2. The molecule has 1 N–H and O–H groups in total. The summed E-state index contributed by atoms with van der Waals surface area (Å²) in [5.41, 5.74) is -0.649. The van der Waals surface area contributed by atoms with Crippen molar-refractivity contribution in [2.24, 2.45) is 0 Å². The normalized spacial score (nSPS) is 24.2. The molecule has 0 aromatic heterocycles. The average molecular weight is 549 g/mol. The second kappa shape index (κ2) is 13.1. The van der Waals surface area contributed by atoms with Gasteiger partial charge in [0.2, 0.25) is 17.7 Å². The quantitative estimate of drug-likeness (QED) is 0.402. The summed E-state index contributed by atoms with van der Waals surface area (Å²) in [5.74, 6) is -0.158. The van der Waals surface area contributed by atoms with Crippen molar-refractivity contribution in [3.63, 3.8) is 0 Å². The third-order valence-electron chi connectivity index (χ3n) is 8.38. The molecule has 222 valence electrons. The predicted molar refractivity (Wildman–Crippen MR) is 151 cm³/mol. The Labute approximate surface area is 235 Å². The standard InChI is InChI=1S/C30H52N4O5/c1-8-25(35)22-12-9-18-33(22)28(38)24-14-11-19-34(24)27(37)23-13-10-17-32(23)26(36)15-16-30(6,7)39-20-29(4,5)31-21(2)3/h21-24,31H,8-20H2,1-7H3. The lowest BCUT2D eigenvalue weighted by Crippen LogP contribution is -2.55. The van der Waals surface area contributed by atoms with Crippen molar-refractivity contribution < 1.29 is 23.9 Å². The maximum absolute atomic E-state index is 13.7. The van der Waals surface area contributed by atoms with E-state index in [0.717, 1.165) is 19.3 Å². The largest absolute Gasteiger partial charge is 0.374 e. The number of likely N-dealkylation sites (tertiary alicyclic amines) is 3. The van der Waals surface area contributed by atoms with Gasteiger partial charge in [-0.25, -0.2) is 0 Å². The zero-order valence-corrected chi connectivity index (χ0v) is 25.4. The summed E-state index contributed by atoms with van der Waals surface area (Å²) < 4.78 is 6.21. The van der Waals surface area contributed by atoms with Gasteiger partial charge in [0.1, 0.15) is 12.1 Å². The molecule has 3 aliphatic heterocycles. The van der Waals surface area contributed by atoms with E-state index in [9.17, 15) is 19.2 Å². The third-order valence-corrected chi connectivity index (χ3v) is 8.38. The molecule has 9 nitrogen and oxygen atoms in total. The van der Waals surface area contributed by atoms with E-state index < -0.39 is 17.7 Å². The van der Waals surface area contributed by atoms with Gasteiger partial charge in [0.15, 0.2) is 5.78 Å². The molecule has 0 aromatic carbocycles. The fourth-order valence-corrected chi connectivity index (χ4v) is 6.42. The summed E-state index contributed by atoms with van der Waals surface area (Å²) >= 11 is 0. The van der Waals surface area contributed by atoms with Crippen LogP contribution in [0.1, 0.15) is 106 Å². The zero-order chi connectivity index (χ0) is 29.0. The number of Topliss-reactive ketones (excluding diaryl/α,β-unsaturated/α-hetero) is 1. The summed E-state index contributed by atoms with van der Waals surface area (Å²) in [7, 11) is 0. The fraction of sp³-hybridized carbons (Fsp3) is 0.867. The summed E-state index contributed by atoms with van der Waals surface area (Å²) in [6.07, 6.45) is 5.59. The Kier molecular flexibility index (Phi) is 10.6. The first-order valence-electron chi connectivity index (χ1n) is 15.1. The highest BCUT2D eigenvalue weighted by molar-refractivity contribution is 5.95. The fourth-order valence-electron chi connectivity index (χ4n) is 6.42. The van der Waals surface area contributed by atoms with Gasteiger partial charge in [-0.2, -0.15) is 0 Å². The Morgan fingerprint density at radius 2 is 1.31 bits per heavy atom. The van der Waals surface area contributed by atoms with Gasteiger partial charge < -0.3 is 24.8 Å². The van der Waals surface area contributed by atoms with Gasteiger partial charge in [-0.1, -0.05) is 20.8 Å². The smallest absolute Gasteiger partial charge is 0.246 e. The summed E-state index contributed by atoms with van der Waals surface area (Å²) in [6.45, 7) is 16.5. The minimum absolute atomic E-state index is 0.0303. The van der Waals surface area contributed by atoms with Crippen molar-refractivity contribution in [2.45, 2.75) is 142 Å². The van der Waals surface area contributed by atoms with Crippen LogP contribution in [-0.4, -0.2) is 99.8 Å². The average Bonchev–Trinajstić information content (AvgIpc) is 3.64. The van der Waals surface area contributed by atoms with Crippen molar-refractivity contribution in [3.8, 4) is 0 Å². The molecule has 0 spiro atoms. The van der Waals surface area contributed by atoms with Crippen molar-refractivity contribution in [1.29, 1.82) is 0 Å². The highest BCUT2D eigenvalue weighted by Gasteiger charge is 2.45. The molecule has 3 unspecified atom stereocenters. The number of hydrogen-bond acceptors (Lipinski definition) is 6. The van der Waals surface area contributed by atoms with Crippen LogP contribution in [0.3, 0.4) is 0 Å². The van der Waals surface area contributed by atoms with Crippen LogP contribution in [0.15, 0.2) is 0 Å². The van der Waals surface area contributed by atoms with E-state index in [-0.39, 0.29) is 35.1 Å². The number of ketones is 1. The van der Waals surface area contributed by atoms with Gasteiger partial charge >= 0.3 is 0 Å². The summed E-state index contributed by atoms with van der Waals surface area (Å²) in [5, 5.41) is 3.50. The Bertz CT molecular complexity index is 902. The molecule has 3 heterocycles. The number of nitrogens with zero attached hydrogens (tertiary/aromatic N) is 3. The maximum Gasteiger partial charge on any atom is 0.246 e. The van der Waals surface area contributed by atoms with Crippen LogP contribution in [0.5, 0.6) is 0 Å². The van der Waals surface area contributed by atoms with E-state index in [0.29, 0.717) is 70.8 Å². The minimum atomic E-state index is -0.532. The van der Waals surface area contributed by atoms with E-state index in [1.54, 1.807) is 14.7 Å². The first kappa shape index (κ1) is 31.5. The lowest BCUT2D eigenvalue weighted by atomic mass is 10.00. The molecule has 3 amide bonds. The number of amides is 3. The van der Waals surface area contributed by atoms with Gasteiger partial charge in [0.25, 0.3) is 0 Å². The number of hydrogen-bond donors (Lipinski definition) is 1. The lowest BCUT2D eigenvalue weighted by Gasteiger charge is -2.35. The monoisotopic (exact) mass is 548 g/mol. The first-order valence-corrected chi connectivity index (χ1v) is 15.1. The molecule has 0 aromatic rings. The van der Waals surface area contributed by atoms with E-state index in [1.165, 1.54) is 0 Å². The maximum atomic E-state index is 13.7. The molecule has 0 bridgehead atoms. The van der Waals surface area contributed by atoms with E-state index in [4.69, 9.17) is 4.74 Å². The molecule has 3 fully saturated rings. The highest BCUT2D eigenvalue weighted by Crippen LogP contribution is 2.30. The topological polar surface area (TPSA) is 99.3 Å². The van der Waals surface area contributed by atoms with Gasteiger partial charge in [-0.05, 0) is 72.6 Å². The summed E-state index contributed by atoms with van der Waals surface area (Å²) in [6, 6.07) is -1.06. The first-order chi connectivity index (χ1) is 18.3. The molecule has 0 saturated carbocycles. The van der Waals surface area contributed by atoms with Crippen LogP contribution in [0, 0.1) is 0 Å². The van der Waals surface area contributed by atoms with Gasteiger partial charge in [0.05, 0.1) is 18.2 Å². The molecule has 0 radical (unpaired) electrons. The molecular weight excluding hydrogens is 496 g/mol. The van der Waals surface area contributed by atoms with E-state index in [2.05, 4.69) is 33.0 Å². The summed E-state index contributed by atoms with van der Waals surface area (Å²) in [4.78, 5) is 58.1. The molecule has 3 rings (SSSR count). The SMILES string of the molecule is CCC(=O)C1CCCN1C(=O)C1CCCN1C(=O)C1CCCN1C(=O)CCC(C)(C)OCC(C)(C)NC(C)C. The second-order valence-electron chi connectivity index (χ2n) is 13.2. The van der Waals surface area contributed by atoms with Gasteiger partial charge in [0, 0.05) is 44.1 Å². The Balaban J connectivity index is 1.58. The number of carbonyl (C=O) groups is 4. The van der Waals surface area contributed by atoms with Crippen LogP contribution in [0.4, 0.5) is 0 Å². The zero-order valence-electron chi connectivity index (χ0n) is 25.4. The molecule has 3 atom stereocenters. The number of carbonyl (C=O) groups excluding carboxylic acids is 4. The number of nitrogens with one attached hydrogen (secondary N) is 1. The van der Waals surface area contributed by atoms with Crippen molar-refractivity contribution in [2.75, 3.05) is 26.2 Å². The van der Waals surface area contributed by atoms with Crippen molar-refractivity contribution in [1.82, 2.24) is 20.0 Å². The van der Waals surface area contributed by atoms with Crippen molar-refractivity contribution in [3.05, 3.63) is 0 Å². The van der Waals surface area contributed by atoms with Crippen LogP contribution in [-0.2, 0) is 23.9 Å². The third kappa shape index (κ3) is 8.03. The number of rotatable bonds is 12. The molecule has 3 aliphatic rings. The molecular formula is C30H52N4O5. The van der Waals surface area contributed by atoms with Crippen LogP contribution >= 0.6 is 0 Å². The van der Waals surface area contributed by atoms with Crippen molar-refractivity contribution >= 4 is 23.5 Å². The number of ether oxygens (including phenoxy) is 1. The molecule has 39 heavy (non-hydrogen) atoms. The van der Waals surface area contributed by atoms with Crippen LogP contribution in [0.25, 0.3) is 0 Å². The molecule has 0 aliphatic carbocycles. The van der Waals surface area contributed by atoms with Gasteiger partial charge in [-0.3, -0.25) is 19.2 Å². The Morgan fingerprint density at radius 1 is 0.821 bits per heavy atom. The Morgan fingerprint density at radius 3 is 1.85 bits per heavy atom. The minimum Gasteiger partial charge on any atom is -0.374 e. The van der Waals surface area contributed by atoms with E-state index in [1.807, 2.05) is 20.8 Å². The molecule has 3 saturated heterocycles. The van der Waals surface area contributed by atoms with Crippen LogP contribution < -0.4 is 5.32 Å².